The summed E-state index contributed by atoms with van der Waals surface area (Å²) in [5.74, 6) is 0.302. The molecule has 0 unspecified atom stereocenters. The van der Waals surface area contributed by atoms with Gasteiger partial charge in [0.1, 0.15) is 5.75 Å². The highest BCUT2D eigenvalue weighted by Gasteiger charge is 2.21. The van der Waals surface area contributed by atoms with Gasteiger partial charge in [-0.05, 0) is 88.1 Å². The molecule has 0 spiro atoms. The van der Waals surface area contributed by atoms with Crippen molar-refractivity contribution in [3.8, 4) is 5.75 Å². The van der Waals surface area contributed by atoms with Crippen molar-refractivity contribution in [2.45, 2.75) is 63.4 Å². The molecule has 0 aliphatic carbocycles. The molecule has 0 saturated carbocycles. The molecule has 4 rings (SSSR count). The molecule has 7 heteroatoms. The van der Waals surface area contributed by atoms with Crippen LogP contribution in [0.25, 0.3) is 0 Å². The number of nitrogens with one attached hydrogen (secondary N) is 1. The number of hydrogen-bond donors (Lipinski definition) is 2. The van der Waals surface area contributed by atoms with E-state index in [9.17, 15) is 13.5 Å². The molecule has 2 heterocycles. The van der Waals surface area contributed by atoms with Gasteiger partial charge >= 0.3 is 0 Å². The molecule has 2 fully saturated rings. The van der Waals surface area contributed by atoms with Crippen LogP contribution in [0.5, 0.6) is 5.75 Å². The van der Waals surface area contributed by atoms with Crippen LogP contribution in [0, 0.1) is 0 Å². The van der Waals surface area contributed by atoms with E-state index in [1.807, 2.05) is 12.1 Å². The molecule has 0 bridgehead atoms. The number of anilines is 1. The third kappa shape index (κ3) is 5.63. The maximum absolute atomic E-state index is 13.1. The largest absolute Gasteiger partial charge is 0.507 e. The third-order valence-corrected chi connectivity index (χ3v) is 7.87. The molecule has 32 heavy (non-hydrogen) atoms. The fraction of sp³-hybridized carbons (Fsp3) is 0.520. The van der Waals surface area contributed by atoms with E-state index in [2.05, 4.69) is 21.4 Å². The Bertz CT molecular complexity index is 970. The Hall–Kier alpha value is -2.09. The minimum atomic E-state index is -3.70. The van der Waals surface area contributed by atoms with Gasteiger partial charge in [-0.1, -0.05) is 25.5 Å². The number of hydrogen-bond acceptors (Lipinski definition) is 5. The van der Waals surface area contributed by atoms with E-state index in [4.69, 9.17) is 0 Å². The van der Waals surface area contributed by atoms with E-state index in [-0.39, 0.29) is 4.90 Å². The van der Waals surface area contributed by atoms with Crippen LogP contribution in [0.15, 0.2) is 41.3 Å². The van der Waals surface area contributed by atoms with Crippen molar-refractivity contribution in [2.24, 2.45) is 0 Å². The standard InChI is InChI=1S/C25H35N3O3S/c1-2-7-20-8-10-24(11-9-20)32(30,31)26-23-16-21(18-27-12-3-4-13-27)25(29)22(17-23)19-28-14-5-6-15-28/h8-11,16-17,26,29H,2-7,12-15,18-19H2,1H3. The lowest BCUT2D eigenvalue weighted by molar-refractivity contribution is 0.312. The smallest absolute Gasteiger partial charge is 0.261 e. The quantitative estimate of drug-likeness (QED) is 0.548. The second kappa shape index (κ2) is 10.2. The molecule has 0 aromatic heterocycles. The maximum atomic E-state index is 13.1. The lowest BCUT2D eigenvalue weighted by Crippen LogP contribution is -2.21. The Balaban J connectivity index is 1.60. The number of phenolic OH excluding ortho intramolecular Hbond substituents is 1. The van der Waals surface area contributed by atoms with Crippen LogP contribution in [0.4, 0.5) is 5.69 Å². The summed E-state index contributed by atoms with van der Waals surface area (Å²) in [6, 6.07) is 10.7. The van der Waals surface area contributed by atoms with Crippen LogP contribution in [-0.4, -0.2) is 49.5 Å². The number of aromatic hydroxyl groups is 1. The Morgan fingerprint density at radius 2 is 1.38 bits per heavy atom. The molecule has 0 amide bonds. The van der Waals surface area contributed by atoms with E-state index in [0.29, 0.717) is 24.5 Å². The second-order valence-electron chi connectivity index (χ2n) is 9.11. The Morgan fingerprint density at radius 1 is 0.875 bits per heavy atom. The fourth-order valence-corrected chi connectivity index (χ4v) is 5.80. The molecule has 0 atom stereocenters. The first-order valence-electron chi connectivity index (χ1n) is 11.9. The Labute approximate surface area is 192 Å². The van der Waals surface area contributed by atoms with Gasteiger partial charge in [0.2, 0.25) is 0 Å². The van der Waals surface area contributed by atoms with E-state index < -0.39 is 10.0 Å². The predicted octanol–water partition coefficient (Wildman–Crippen LogP) is 4.34. The van der Waals surface area contributed by atoms with Crippen molar-refractivity contribution < 1.29 is 13.5 Å². The van der Waals surface area contributed by atoms with Gasteiger partial charge in [-0.3, -0.25) is 14.5 Å². The van der Waals surface area contributed by atoms with Crippen LogP contribution in [0.1, 0.15) is 55.7 Å². The topological polar surface area (TPSA) is 72.9 Å². The molecule has 2 aromatic rings. The summed E-state index contributed by atoms with van der Waals surface area (Å²) in [6.45, 7) is 7.45. The highest BCUT2D eigenvalue weighted by molar-refractivity contribution is 7.92. The average Bonchev–Trinajstić information content (AvgIpc) is 3.46. The zero-order valence-electron chi connectivity index (χ0n) is 19.0. The van der Waals surface area contributed by atoms with Gasteiger partial charge in [0.15, 0.2) is 0 Å². The summed E-state index contributed by atoms with van der Waals surface area (Å²) < 4.78 is 28.9. The molecule has 2 aliphatic heterocycles. The second-order valence-corrected chi connectivity index (χ2v) is 10.8. The van der Waals surface area contributed by atoms with E-state index in [0.717, 1.165) is 55.7 Å². The molecule has 174 valence electrons. The van der Waals surface area contributed by atoms with Crippen LogP contribution < -0.4 is 4.72 Å². The van der Waals surface area contributed by atoms with Crippen molar-refractivity contribution >= 4 is 15.7 Å². The first-order chi connectivity index (χ1) is 15.4. The molecule has 2 N–H and O–H groups in total. The SMILES string of the molecule is CCCc1ccc(S(=O)(=O)Nc2cc(CN3CCCC3)c(O)c(CN3CCCC3)c2)cc1. The minimum Gasteiger partial charge on any atom is -0.507 e. The van der Waals surface area contributed by atoms with Gasteiger partial charge in [-0.25, -0.2) is 8.42 Å². The van der Waals surface area contributed by atoms with E-state index >= 15 is 0 Å². The van der Waals surface area contributed by atoms with E-state index in [1.54, 1.807) is 24.3 Å². The number of rotatable bonds is 9. The molecule has 2 saturated heterocycles. The van der Waals surface area contributed by atoms with Gasteiger partial charge in [0, 0.05) is 29.9 Å². The highest BCUT2D eigenvalue weighted by Crippen LogP contribution is 2.32. The third-order valence-electron chi connectivity index (χ3n) is 6.48. The van der Waals surface area contributed by atoms with Crippen molar-refractivity contribution in [1.82, 2.24) is 9.80 Å². The number of likely N-dealkylation sites (tertiary alicyclic amines) is 2. The molecular formula is C25H35N3O3S. The summed E-state index contributed by atoms with van der Waals surface area (Å²) in [5, 5.41) is 11.0. The fourth-order valence-electron chi connectivity index (χ4n) is 4.76. The predicted molar refractivity (Wildman–Crippen MR) is 128 cm³/mol. The van der Waals surface area contributed by atoms with Gasteiger partial charge in [-0.2, -0.15) is 0 Å². The molecule has 6 nitrogen and oxygen atoms in total. The summed E-state index contributed by atoms with van der Waals surface area (Å²) in [6.07, 6.45) is 6.63. The van der Waals surface area contributed by atoms with Crippen molar-refractivity contribution in [3.05, 3.63) is 53.1 Å². The maximum Gasteiger partial charge on any atom is 0.261 e. The Morgan fingerprint density at radius 3 is 1.84 bits per heavy atom. The summed E-state index contributed by atoms with van der Waals surface area (Å²) in [4.78, 5) is 4.89. The molecular weight excluding hydrogens is 422 g/mol. The minimum absolute atomic E-state index is 0.257. The zero-order chi connectivity index (χ0) is 22.6. The van der Waals surface area contributed by atoms with Crippen LogP contribution in [0.2, 0.25) is 0 Å². The summed E-state index contributed by atoms with van der Waals surface area (Å²) >= 11 is 0. The Kier molecular flexibility index (Phi) is 7.38. The van der Waals surface area contributed by atoms with E-state index in [1.165, 1.54) is 25.7 Å². The first-order valence-corrected chi connectivity index (χ1v) is 13.3. The number of aryl methyl sites for hydroxylation is 1. The zero-order valence-corrected chi connectivity index (χ0v) is 19.8. The number of nitrogens with zero attached hydrogens (tertiary/aromatic N) is 2. The molecule has 0 radical (unpaired) electrons. The van der Waals surface area contributed by atoms with Crippen LogP contribution in [0.3, 0.4) is 0 Å². The first kappa shape index (κ1) is 23.1. The van der Waals surface area contributed by atoms with Gasteiger partial charge < -0.3 is 5.11 Å². The van der Waals surface area contributed by atoms with Crippen molar-refractivity contribution in [1.29, 1.82) is 0 Å². The van der Waals surface area contributed by atoms with Crippen LogP contribution in [-0.2, 0) is 29.5 Å². The number of benzene rings is 2. The summed E-state index contributed by atoms with van der Waals surface area (Å²) in [5.41, 5.74) is 3.24. The monoisotopic (exact) mass is 457 g/mol. The highest BCUT2D eigenvalue weighted by atomic mass is 32.2. The molecule has 2 aromatic carbocycles. The normalized spacial score (nSPS) is 17.8. The average molecular weight is 458 g/mol. The molecule has 2 aliphatic rings. The van der Waals surface area contributed by atoms with Gasteiger partial charge in [0.05, 0.1) is 4.90 Å². The van der Waals surface area contributed by atoms with Crippen molar-refractivity contribution in [2.75, 3.05) is 30.9 Å². The van der Waals surface area contributed by atoms with Crippen LogP contribution >= 0.6 is 0 Å². The van der Waals surface area contributed by atoms with Gasteiger partial charge in [-0.15, -0.1) is 0 Å². The number of phenols is 1. The van der Waals surface area contributed by atoms with Crippen molar-refractivity contribution in [3.63, 3.8) is 0 Å². The lowest BCUT2D eigenvalue weighted by Gasteiger charge is -2.21. The summed E-state index contributed by atoms with van der Waals surface area (Å²) in [7, 11) is -3.70. The lowest BCUT2D eigenvalue weighted by atomic mass is 10.1. The van der Waals surface area contributed by atoms with Gasteiger partial charge in [0.25, 0.3) is 10.0 Å². The number of sulfonamides is 1.